The molecule has 8 heavy (non-hydrogen) atoms. The predicted molar refractivity (Wildman–Crippen MR) is 41.5 cm³/mol. The van der Waals surface area contributed by atoms with E-state index in [9.17, 15) is 0 Å². The Kier molecular flexibility index (Phi) is 110. The topological polar surface area (TPSA) is 24.1 Å². The Morgan fingerprint density at radius 2 is 0.625 bits per heavy atom. The van der Waals surface area contributed by atoms with Gasteiger partial charge in [-0.1, -0.05) is 0 Å². The molecule has 8 radical (unpaired) electrons. The Hall–Kier alpha value is 1.52. The molecular weight excluding hydrogens is 313 g/mol. The molecule has 2 nitrogen and oxygen atoms in total. The predicted octanol–water partition coefficient (Wildman–Crippen LogP) is -1.09. The summed E-state index contributed by atoms with van der Waals surface area (Å²) in [6.45, 7) is 0. The first kappa shape index (κ1) is 22.7. The molecule has 0 rings (SSSR count). The molecule has 48 valence electrons. The molecule has 0 aromatic carbocycles. The van der Waals surface area contributed by atoms with Crippen LogP contribution >= 0.6 is 0 Å². The van der Waals surface area contributed by atoms with Gasteiger partial charge in [-0.05, 0) is 28.2 Å². The molecule has 0 spiro atoms. The minimum absolute atomic E-state index is 0. The summed E-state index contributed by atoms with van der Waals surface area (Å²) >= 11 is 0. The molecule has 2 N–H and O–H groups in total. The van der Waals surface area contributed by atoms with Crippen LogP contribution in [0.2, 0.25) is 0 Å². The second-order valence-corrected chi connectivity index (χ2v) is 1.00. The van der Waals surface area contributed by atoms with Gasteiger partial charge in [-0.25, -0.2) is 0 Å². The molecule has 0 amide bonds. The molecule has 0 bridgehead atoms. The van der Waals surface area contributed by atoms with Gasteiger partial charge in [0.1, 0.15) is 0 Å². The molecule has 0 saturated heterocycles. The standard InChI is InChI=1S/2C2H7N.2Sn/c2*1-3-2;;/h2*3H,1-2H3;;. The van der Waals surface area contributed by atoms with E-state index in [1.807, 2.05) is 28.2 Å². The van der Waals surface area contributed by atoms with E-state index in [-0.39, 0.29) is 47.8 Å². The van der Waals surface area contributed by atoms with Crippen LogP contribution in [0.4, 0.5) is 0 Å². The van der Waals surface area contributed by atoms with Crippen molar-refractivity contribution < 1.29 is 0 Å². The fraction of sp³-hybridized carbons (Fsp3) is 1.00. The quantitative estimate of drug-likeness (QED) is 0.553. The molecule has 0 aliphatic heterocycles. The van der Waals surface area contributed by atoms with Crippen molar-refractivity contribution in [3.63, 3.8) is 0 Å². The molecule has 0 aliphatic carbocycles. The molecule has 0 aromatic heterocycles. The van der Waals surface area contributed by atoms with Gasteiger partial charge in [0.15, 0.2) is 0 Å². The normalized spacial score (nSPS) is 4.50. The van der Waals surface area contributed by atoms with E-state index in [1.54, 1.807) is 0 Å². The molecule has 0 aromatic rings. The maximum absolute atomic E-state index is 2.75. The van der Waals surface area contributed by atoms with Crippen molar-refractivity contribution in [2.75, 3.05) is 28.2 Å². The monoisotopic (exact) mass is 330 g/mol. The SMILES string of the molecule is CNC.CNC.[Sn].[Sn]. The van der Waals surface area contributed by atoms with Crippen LogP contribution in [0.3, 0.4) is 0 Å². The van der Waals surface area contributed by atoms with Crippen molar-refractivity contribution in [3.8, 4) is 0 Å². The summed E-state index contributed by atoms with van der Waals surface area (Å²) in [5.74, 6) is 0. The van der Waals surface area contributed by atoms with Crippen LogP contribution < -0.4 is 10.6 Å². The summed E-state index contributed by atoms with van der Waals surface area (Å²) in [4.78, 5) is 0. The summed E-state index contributed by atoms with van der Waals surface area (Å²) in [6, 6.07) is 0. The summed E-state index contributed by atoms with van der Waals surface area (Å²) in [5.41, 5.74) is 0. The molecular formula is C4H14N2Sn2. The molecule has 0 aliphatic rings. The van der Waals surface area contributed by atoms with E-state index >= 15 is 0 Å². The number of hydrogen-bond acceptors (Lipinski definition) is 2. The van der Waals surface area contributed by atoms with Gasteiger partial charge in [0, 0.05) is 47.8 Å². The summed E-state index contributed by atoms with van der Waals surface area (Å²) < 4.78 is 0. The Bertz CT molecular complexity index is 14.0. The largest absolute Gasteiger partial charge is 0.323 e. The summed E-state index contributed by atoms with van der Waals surface area (Å²) in [7, 11) is 7.50. The van der Waals surface area contributed by atoms with E-state index in [1.165, 1.54) is 0 Å². The fourth-order valence-corrected chi connectivity index (χ4v) is 0. The zero-order chi connectivity index (χ0) is 5.41. The van der Waals surface area contributed by atoms with Gasteiger partial charge in [-0.2, -0.15) is 0 Å². The van der Waals surface area contributed by atoms with Crippen LogP contribution in [-0.2, 0) is 0 Å². The van der Waals surface area contributed by atoms with E-state index in [4.69, 9.17) is 0 Å². The number of hydrogen-bond donors (Lipinski definition) is 2. The first-order valence-corrected chi connectivity index (χ1v) is 2.00. The summed E-state index contributed by atoms with van der Waals surface area (Å²) in [6.07, 6.45) is 0. The van der Waals surface area contributed by atoms with Crippen molar-refractivity contribution in [3.05, 3.63) is 0 Å². The fourth-order valence-electron chi connectivity index (χ4n) is 0. The van der Waals surface area contributed by atoms with E-state index < -0.39 is 0 Å². The Morgan fingerprint density at radius 1 is 0.625 bits per heavy atom. The zero-order valence-electron chi connectivity index (χ0n) is 6.00. The van der Waals surface area contributed by atoms with Gasteiger partial charge in [-0.15, -0.1) is 0 Å². The van der Waals surface area contributed by atoms with Crippen molar-refractivity contribution in [2.45, 2.75) is 0 Å². The van der Waals surface area contributed by atoms with E-state index in [0.29, 0.717) is 0 Å². The molecule has 0 atom stereocenters. The van der Waals surface area contributed by atoms with E-state index in [2.05, 4.69) is 10.6 Å². The maximum Gasteiger partial charge on any atom is 0 e. The van der Waals surface area contributed by atoms with Crippen molar-refractivity contribution in [1.82, 2.24) is 10.6 Å². The molecule has 0 saturated carbocycles. The van der Waals surface area contributed by atoms with Gasteiger partial charge in [0.25, 0.3) is 0 Å². The van der Waals surface area contributed by atoms with Crippen molar-refractivity contribution in [2.24, 2.45) is 0 Å². The average molecular weight is 328 g/mol. The Labute approximate surface area is 86.1 Å². The minimum Gasteiger partial charge on any atom is -0.323 e. The molecule has 0 fully saturated rings. The van der Waals surface area contributed by atoms with Crippen molar-refractivity contribution >= 4 is 47.8 Å². The van der Waals surface area contributed by atoms with Crippen LogP contribution in [-0.4, -0.2) is 76.0 Å². The Morgan fingerprint density at radius 3 is 0.625 bits per heavy atom. The molecule has 4 heteroatoms. The van der Waals surface area contributed by atoms with Gasteiger partial charge < -0.3 is 10.6 Å². The van der Waals surface area contributed by atoms with Gasteiger partial charge >= 0.3 is 0 Å². The third-order valence-corrected chi connectivity index (χ3v) is 0. The zero-order valence-corrected chi connectivity index (χ0v) is 11.7. The van der Waals surface area contributed by atoms with Crippen LogP contribution in [0.1, 0.15) is 0 Å². The number of nitrogens with one attached hydrogen (secondary N) is 2. The number of rotatable bonds is 0. The average Bonchev–Trinajstić information content (AvgIpc) is 1.39. The van der Waals surface area contributed by atoms with Gasteiger partial charge in [-0.3, -0.25) is 0 Å². The van der Waals surface area contributed by atoms with Crippen LogP contribution in [0.5, 0.6) is 0 Å². The first-order valence-electron chi connectivity index (χ1n) is 2.00. The van der Waals surface area contributed by atoms with Gasteiger partial charge in [0.2, 0.25) is 0 Å². The Balaban J connectivity index is -0.0000000160. The van der Waals surface area contributed by atoms with E-state index in [0.717, 1.165) is 0 Å². The second-order valence-electron chi connectivity index (χ2n) is 1.00. The smallest absolute Gasteiger partial charge is 0 e. The van der Waals surface area contributed by atoms with Crippen LogP contribution in [0.25, 0.3) is 0 Å². The van der Waals surface area contributed by atoms with Crippen LogP contribution in [0.15, 0.2) is 0 Å². The maximum atomic E-state index is 2.75. The first-order chi connectivity index (χ1) is 2.83. The third-order valence-electron chi connectivity index (χ3n) is 0. The summed E-state index contributed by atoms with van der Waals surface area (Å²) in [5, 5.41) is 5.50. The minimum atomic E-state index is 0. The second kappa shape index (κ2) is 38.9. The van der Waals surface area contributed by atoms with Gasteiger partial charge in [0.05, 0.1) is 0 Å². The third kappa shape index (κ3) is 139. The molecule has 0 unspecified atom stereocenters. The van der Waals surface area contributed by atoms with Crippen LogP contribution in [0, 0.1) is 0 Å². The van der Waals surface area contributed by atoms with Crippen molar-refractivity contribution in [1.29, 1.82) is 0 Å². The molecule has 0 heterocycles.